The molecule has 1 aliphatic heterocycles. The van der Waals surface area contributed by atoms with E-state index in [1.165, 1.54) is 18.4 Å². The molecule has 2 fully saturated rings. The van der Waals surface area contributed by atoms with E-state index < -0.39 is 8.80 Å². The van der Waals surface area contributed by atoms with Gasteiger partial charge in [-0.1, -0.05) is 44.2 Å². The monoisotopic (exact) mass is 364 g/mol. The first kappa shape index (κ1) is 19.0. The zero-order valence-corrected chi connectivity index (χ0v) is 17.1. The molecule has 1 saturated heterocycles. The van der Waals surface area contributed by atoms with Crippen molar-refractivity contribution in [2.75, 3.05) is 21.3 Å². The molecule has 0 N–H and O–H groups in total. The van der Waals surface area contributed by atoms with Gasteiger partial charge in [-0.05, 0) is 42.6 Å². The Kier molecular flexibility index (Phi) is 6.01. The first-order valence-corrected chi connectivity index (χ1v) is 11.2. The second-order valence-corrected chi connectivity index (χ2v) is 10.9. The summed E-state index contributed by atoms with van der Waals surface area (Å²) in [7, 11) is 2.46. The quantitative estimate of drug-likeness (QED) is 0.511. The van der Waals surface area contributed by atoms with E-state index in [0.29, 0.717) is 30.0 Å². The van der Waals surface area contributed by atoms with Gasteiger partial charge in [-0.15, -0.1) is 0 Å². The molecule has 140 valence electrons. The molecule has 1 heterocycles. The lowest BCUT2D eigenvalue weighted by Crippen LogP contribution is -2.51. The molecule has 3 rings (SSSR count). The lowest BCUT2D eigenvalue weighted by molar-refractivity contribution is 0.0878. The van der Waals surface area contributed by atoms with Crippen LogP contribution in [0.15, 0.2) is 30.3 Å². The summed E-state index contributed by atoms with van der Waals surface area (Å²) in [4.78, 5) is 0. The van der Waals surface area contributed by atoms with Crippen molar-refractivity contribution >= 4 is 8.80 Å². The topological polar surface area (TPSA) is 40.2 Å². The van der Waals surface area contributed by atoms with E-state index in [2.05, 4.69) is 44.2 Å². The predicted octanol–water partition coefficient (Wildman–Crippen LogP) is 4.24. The Bertz CT molecular complexity index is 540. The molecule has 1 saturated carbocycles. The van der Waals surface area contributed by atoms with Crippen molar-refractivity contribution < 1.29 is 18.0 Å². The summed E-state index contributed by atoms with van der Waals surface area (Å²) in [6.07, 6.45) is 4.54. The van der Waals surface area contributed by atoms with Crippen LogP contribution in [-0.4, -0.2) is 42.3 Å². The fraction of sp³-hybridized carbons (Fsp3) is 0.700. The molecule has 5 heteroatoms. The molecule has 2 aliphatic rings. The second-order valence-electron chi connectivity index (χ2n) is 7.57. The second kappa shape index (κ2) is 7.88. The van der Waals surface area contributed by atoms with Crippen LogP contribution in [0, 0.1) is 11.8 Å². The number of epoxide rings is 1. The van der Waals surface area contributed by atoms with Gasteiger partial charge in [0.2, 0.25) is 0 Å². The highest BCUT2D eigenvalue weighted by Gasteiger charge is 2.54. The van der Waals surface area contributed by atoms with Crippen LogP contribution in [0.5, 0.6) is 0 Å². The highest BCUT2D eigenvalue weighted by Crippen LogP contribution is 2.51. The minimum atomic E-state index is -2.71. The van der Waals surface area contributed by atoms with Gasteiger partial charge in [0, 0.05) is 26.9 Å². The first-order chi connectivity index (χ1) is 12.1. The number of hydrogen-bond acceptors (Lipinski definition) is 4. The molecule has 6 unspecified atom stereocenters. The summed E-state index contributed by atoms with van der Waals surface area (Å²) in [5, 5.41) is 0. The van der Waals surface area contributed by atoms with Crippen LogP contribution in [0.2, 0.25) is 5.54 Å². The van der Waals surface area contributed by atoms with E-state index in [1.807, 2.05) is 0 Å². The predicted molar refractivity (Wildman–Crippen MR) is 101 cm³/mol. The molecular weight excluding hydrogens is 332 g/mol. The largest absolute Gasteiger partial charge is 0.503 e. The summed E-state index contributed by atoms with van der Waals surface area (Å²) in [5.41, 5.74) is 1.60. The van der Waals surface area contributed by atoms with Gasteiger partial charge in [0.05, 0.1) is 12.2 Å². The average Bonchev–Trinajstić information content (AvgIpc) is 3.43. The van der Waals surface area contributed by atoms with E-state index in [1.54, 1.807) is 21.3 Å². The van der Waals surface area contributed by atoms with Gasteiger partial charge < -0.3 is 18.0 Å². The Balaban J connectivity index is 1.90. The van der Waals surface area contributed by atoms with Crippen molar-refractivity contribution in [3.63, 3.8) is 0 Å². The van der Waals surface area contributed by atoms with Gasteiger partial charge in [-0.25, -0.2) is 0 Å². The summed E-state index contributed by atoms with van der Waals surface area (Å²) in [6.45, 7) is 4.60. The van der Waals surface area contributed by atoms with E-state index >= 15 is 0 Å². The smallest absolute Gasteiger partial charge is 0.377 e. The van der Waals surface area contributed by atoms with Gasteiger partial charge in [0.15, 0.2) is 0 Å². The molecule has 1 aromatic carbocycles. The Hall–Kier alpha value is -0.723. The molecule has 1 aliphatic carbocycles. The maximum absolute atomic E-state index is 5.86. The van der Waals surface area contributed by atoms with E-state index in [9.17, 15) is 0 Å². The number of rotatable bonds is 8. The molecule has 0 amide bonds. The number of fused-ring (bicyclic) bond motifs is 1. The van der Waals surface area contributed by atoms with E-state index in [-0.39, 0.29) is 5.54 Å². The number of benzene rings is 1. The molecule has 1 aromatic rings. The zero-order chi connectivity index (χ0) is 18.0. The van der Waals surface area contributed by atoms with E-state index in [0.717, 1.165) is 6.42 Å². The Labute approximate surface area is 153 Å². The average molecular weight is 365 g/mol. The molecule has 4 nitrogen and oxygen atoms in total. The van der Waals surface area contributed by atoms with Crippen molar-refractivity contribution in [3.05, 3.63) is 35.9 Å². The summed E-state index contributed by atoms with van der Waals surface area (Å²) < 4.78 is 23.4. The maximum Gasteiger partial charge on any atom is 0.503 e. The Morgan fingerprint density at radius 2 is 1.60 bits per heavy atom. The summed E-state index contributed by atoms with van der Waals surface area (Å²) in [5.74, 6) is 1.48. The Morgan fingerprint density at radius 3 is 2.16 bits per heavy atom. The van der Waals surface area contributed by atoms with Crippen molar-refractivity contribution in [3.8, 4) is 0 Å². The molecule has 6 atom stereocenters. The zero-order valence-electron chi connectivity index (χ0n) is 16.1. The minimum Gasteiger partial charge on any atom is -0.377 e. The number of hydrogen-bond donors (Lipinski definition) is 0. The van der Waals surface area contributed by atoms with Crippen LogP contribution in [0.1, 0.15) is 44.6 Å². The van der Waals surface area contributed by atoms with Crippen LogP contribution in [0.25, 0.3) is 0 Å². The van der Waals surface area contributed by atoms with Crippen molar-refractivity contribution in [2.24, 2.45) is 11.8 Å². The first-order valence-electron chi connectivity index (χ1n) is 9.42. The molecular formula is C20H32O4Si. The van der Waals surface area contributed by atoms with Gasteiger partial charge in [0.1, 0.15) is 0 Å². The van der Waals surface area contributed by atoms with Crippen LogP contribution >= 0.6 is 0 Å². The van der Waals surface area contributed by atoms with Crippen LogP contribution < -0.4 is 0 Å². The minimum absolute atomic E-state index is 0.225. The maximum atomic E-state index is 5.86. The molecule has 0 bridgehead atoms. The van der Waals surface area contributed by atoms with Crippen molar-refractivity contribution in [2.45, 2.75) is 56.8 Å². The third-order valence-electron chi connectivity index (χ3n) is 6.48. The Morgan fingerprint density at radius 1 is 0.960 bits per heavy atom. The summed E-state index contributed by atoms with van der Waals surface area (Å²) in [6, 6.07) is 10.8. The highest BCUT2D eigenvalue weighted by molar-refractivity contribution is 6.62. The lowest BCUT2D eigenvalue weighted by Gasteiger charge is -2.42. The van der Waals surface area contributed by atoms with Crippen LogP contribution in [-0.2, 0) is 18.0 Å². The molecule has 25 heavy (non-hydrogen) atoms. The third-order valence-corrected chi connectivity index (χ3v) is 9.69. The fourth-order valence-electron chi connectivity index (χ4n) is 5.06. The van der Waals surface area contributed by atoms with Crippen LogP contribution in [0.3, 0.4) is 0 Å². The van der Waals surface area contributed by atoms with Crippen LogP contribution in [0.4, 0.5) is 0 Å². The standard InChI is InChI=1S/C20H32O4Si/c1-14(16-9-7-6-8-10-16)20(15(2)25(21-3,22-4)23-5)17-11-12-18-19(13-17)24-18/h6-10,14-15,17-20H,11-13H2,1-5H3. The van der Waals surface area contributed by atoms with Gasteiger partial charge >= 0.3 is 8.80 Å². The van der Waals surface area contributed by atoms with Gasteiger partial charge in [-0.3, -0.25) is 0 Å². The lowest BCUT2D eigenvalue weighted by atomic mass is 9.71. The van der Waals surface area contributed by atoms with Crippen molar-refractivity contribution in [1.82, 2.24) is 0 Å². The molecule has 0 radical (unpaired) electrons. The number of ether oxygens (including phenoxy) is 1. The SMILES string of the molecule is CO[Si](OC)(OC)C(C)C(C1CCC2OC2C1)C(C)c1ccccc1. The van der Waals surface area contributed by atoms with Crippen molar-refractivity contribution in [1.29, 1.82) is 0 Å². The van der Waals surface area contributed by atoms with Gasteiger partial charge in [0.25, 0.3) is 0 Å². The highest BCUT2D eigenvalue weighted by atomic mass is 28.4. The summed E-state index contributed by atoms with van der Waals surface area (Å²) >= 11 is 0. The molecule has 0 spiro atoms. The third kappa shape index (κ3) is 3.71. The molecule has 0 aromatic heterocycles. The van der Waals surface area contributed by atoms with Gasteiger partial charge in [-0.2, -0.15) is 0 Å². The normalized spacial score (nSPS) is 29.6. The van der Waals surface area contributed by atoms with E-state index in [4.69, 9.17) is 18.0 Å². The fourth-order valence-corrected chi connectivity index (χ4v) is 7.70.